The number of hydrogen-bond acceptors (Lipinski definition) is 6. The monoisotopic (exact) mass is 917 g/mol. The first kappa shape index (κ1) is 59.1. The average Bonchev–Trinajstić information content (AvgIpc) is 3.23. The van der Waals surface area contributed by atoms with E-state index in [4.69, 9.17) is 20.9 Å². The summed E-state index contributed by atoms with van der Waals surface area (Å²) in [5.41, 5.74) is 0.466. The van der Waals surface area contributed by atoms with Crippen LogP contribution < -0.4 is 0 Å². The van der Waals surface area contributed by atoms with Gasteiger partial charge in [-0.2, -0.15) is 0 Å². The second-order valence-corrected chi connectivity index (χ2v) is 37.2. The number of unbranched alkanes of at least 4 members (excludes halogenated alkanes) is 11. The number of carbonyl (C=O) groups is 1. The molecule has 0 saturated carbocycles. The molecule has 0 aromatic rings. The van der Waals surface area contributed by atoms with Crippen LogP contribution in [0.5, 0.6) is 0 Å². The van der Waals surface area contributed by atoms with Crippen LogP contribution in [-0.4, -0.2) is 48.5 Å². The molecule has 0 heterocycles. The molecule has 0 atom stereocenters. The molecule has 0 amide bonds. The van der Waals surface area contributed by atoms with Crippen LogP contribution in [0, 0.1) is 0 Å². The summed E-state index contributed by atoms with van der Waals surface area (Å²) in [5, 5.41) is 0. The van der Waals surface area contributed by atoms with Gasteiger partial charge >= 0.3 is 40.2 Å². The third kappa shape index (κ3) is 23.6. The maximum absolute atomic E-state index is 13.7. The van der Waals surface area contributed by atoms with Gasteiger partial charge in [0.25, 0.3) is 0 Å². The predicted octanol–water partition coefficient (Wildman–Crippen LogP) is 17.7. The second kappa shape index (κ2) is 34.5. The molecule has 0 aromatic heterocycles. The van der Waals surface area contributed by atoms with Crippen LogP contribution in [0.2, 0.25) is 66.5 Å². The molecular formula is C48H104O6Si5. The van der Waals surface area contributed by atoms with Gasteiger partial charge < -0.3 is 20.9 Å². The minimum Gasteiger partial charge on any atom is -0.491 e. The first-order valence-corrected chi connectivity index (χ1v) is 37.5. The highest BCUT2D eigenvalue weighted by Gasteiger charge is 2.58. The normalized spacial score (nSPS) is 13.0. The fourth-order valence-corrected chi connectivity index (χ4v) is 41.3. The van der Waals surface area contributed by atoms with Gasteiger partial charge in [-0.1, -0.05) is 224 Å². The third-order valence-corrected chi connectivity index (χ3v) is 37.8. The number of rotatable bonds is 43. The standard InChI is InChI=1S/C48H104O6Si5/c1-14-25-36-55(37-26-15-2,38-27-16-3)51-57(41-30-19-6,42-31-20-7)53-59(45-34-23-10,46-35-24-11)54-58(43-32-21-8,44-33-22-9)52-56(39-28-17-4,40-29-18-5)50-48(49)47(12)13/h12,14-46H2,1-11,13H3. The third-order valence-electron chi connectivity index (χ3n) is 12.4. The highest BCUT2D eigenvalue weighted by molar-refractivity contribution is 6.92. The van der Waals surface area contributed by atoms with Gasteiger partial charge in [0.2, 0.25) is 0 Å². The summed E-state index contributed by atoms with van der Waals surface area (Å²) in [7, 11) is -14.0. The van der Waals surface area contributed by atoms with E-state index < -0.39 is 42.6 Å². The Labute approximate surface area is 375 Å². The fraction of sp³-hybridized carbons (Fsp3) is 0.938. The molecule has 6 nitrogen and oxygen atoms in total. The summed E-state index contributed by atoms with van der Waals surface area (Å²) in [5.74, 6) is -0.277. The van der Waals surface area contributed by atoms with Crippen molar-refractivity contribution in [1.82, 2.24) is 0 Å². The summed E-state index contributed by atoms with van der Waals surface area (Å²) in [6.07, 6.45) is 24.9. The number of hydrogen-bond donors (Lipinski definition) is 0. The van der Waals surface area contributed by atoms with Gasteiger partial charge in [0, 0.05) is 17.7 Å². The SMILES string of the molecule is C=C(C)C(=O)O[Si](CCCC)(CCCC)O[Si](CCCC)(CCCC)O[Si](CCCC)(CCCC)O[Si](CCCC)(CCCC)O[Si](CCCC)(CCCC)CCCC. The van der Waals surface area contributed by atoms with Gasteiger partial charge in [-0.25, -0.2) is 4.79 Å². The van der Waals surface area contributed by atoms with Crippen LogP contribution in [0.3, 0.4) is 0 Å². The molecule has 59 heavy (non-hydrogen) atoms. The van der Waals surface area contributed by atoms with Crippen molar-refractivity contribution in [2.24, 2.45) is 0 Å². The zero-order valence-electron chi connectivity index (χ0n) is 42.0. The van der Waals surface area contributed by atoms with Crippen molar-refractivity contribution < 1.29 is 25.7 Å². The van der Waals surface area contributed by atoms with Crippen molar-refractivity contribution in [3.8, 4) is 0 Å². The lowest BCUT2D eigenvalue weighted by Crippen LogP contribution is -2.65. The molecule has 0 N–H and O–H groups in total. The lowest BCUT2D eigenvalue weighted by atomic mass is 10.4. The van der Waals surface area contributed by atoms with E-state index in [-0.39, 0.29) is 5.97 Å². The van der Waals surface area contributed by atoms with Gasteiger partial charge in [0.05, 0.1) is 0 Å². The summed E-state index contributed by atoms with van der Waals surface area (Å²) in [6, 6.07) is 11.5. The van der Waals surface area contributed by atoms with Crippen molar-refractivity contribution in [3.63, 3.8) is 0 Å². The van der Waals surface area contributed by atoms with E-state index in [9.17, 15) is 4.79 Å². The fourth-order valence-electron chi connectivity index (χ4n) is 8.66. The molecule has 0 bridgehead atoms. The van der Waals surface area contributed by atoms with Crippen molar-refractivity contribution in [3.05, 3.63) is 12.2 Å². The average molecular weight is 918 g/mol. The zero-order valence-corrected chi connectivity index (χ0v) is 47.0. The Morgan fingerprint density at radius 2 is 0.542 bits per heavy atom. The molecular weight excluding hydrogens is 813 g/mol. The van der Waals surface area contributed by atoms with Gasteiger partial charge in [0.1, 0.15) is 0 Å². The summed E-state index contributed by atoms with van der Waals surface area (Å²) in [6.45, 7) is 31.4. The summed E-state index contributed by atoms with van der Waals surface area (Å²) in [4.78, 5) is 13.7. The molecule has 0 aliphatic carbocycles. The molecule has 0 saturated heterocycles. The Hall–Kier alpha value is 0.134. The Kier molecular flexibility index (Phi) is 34.6. The van der Waals surface area contributed by atoms with Crippen molar-refractivity contribution in [2.75, 3.05) is 0 Å². The Bertz CT molecular complexity index is 992. The zero-order chi connectivity index (χ0) is 44.5. The van der Waals surface area contributed by atoms with Crippen LogP contribution in [0.1, 0.15) is 224 Å². The van der Waals surface area contributed by atoms with Gasteiger partial charge in [-0.15, -0.1) is 0 Å². The molecule has 0 spiro atoms. The quantitative estimate of drug-likeness (QED) is 0.0449. The van der Waals surface area contributed by atoms with Crippen LogP contribution in [0.25, 0.3) is 0 Å². The van der Waals surface area contributed by atoms with Crippen molar-refractivity contribution in [1.29, 1.82) is 0 Å². The predicted molar refractivity (Wildman–Crippen MR) is 271 cm³/mol. The lowest BCUT2D eigenvalue weighted by molar-refractivity contribution is -0.132. The molecule has 0 fully saturated rings. The minimum atomic E-state index is -3.06. The maximum atomic E-state index is 13.7. The Balaban J connectivity index is 8.34. The first-order valence-electron chi connectivity index (χ1n) is 26.0. The second-order valence-electron chi connectivity index (χ2n) is 18.5. The van der Waals surface area contributed by atoms with E-state index in [1.165, 1.54) is 56.7 Å². The highest BCUT2D eigenvalue weighted by Crippen LogP contribution is 2.44. The summed E-state index contributed by atoms with van der Waals surface area (Å²) < 4.78 is 40.0. The Morgan fingerprint density at radius 3 is 0.780 bits per heavy atom. The molecule has 0 rings (SSSR count). The van der Waals surface area contributed by atoms with Crippen LogP contribution in [0.4, 0.5) is 0 Å². The van der Waals surface area contributed by atoms with E-state index in [1.807, 2.05) is 0 Å². The molecule has 0 radical (unpaired) electrons. The summed E-state index contributed by atoms with van der Waals surface area (Å²) >= 11 is 0. The van der Waals surface area contributed by atoms with Crippen molar-refractivity contribution >= 4 is 48.5 Å². The smallest absolute Gasteiger partial charge is 0.393 e. The van der Waals surface area contributed by atoms with E-state index >= 15 is 0 Å². The molecule has 11 heteroatoms. The topological polar surface area (TPSA) is 63.2 Å². The van der Waals surface area contributed by atoms with Crippen LogP contribution in [0.15, 0.2) is 12.2 Å². The van der Waals surface area contributed by atoms with E-state index in [2.05, 4.69) is 82.7 Å². The first-order chi connectivity index (χ1) is 28.3. The lowest BCUT2D eigenvalue weighted by Gasteiger charge is -2.50. The molecule has 0 unspecified atom stereocenters. The number of carbonyl (C=O) groups excluding carboxylic acids is 1. The van der Waals surface area contributed by atoms with Gasteiger partial charge in [-0.05, 0) is 61.3 Å². The van der Waals surface area contributed by atoms with Crippen molar-refractivity contribution in [2.45, 2.75) is 291 Å². The van der Waals surface area contributed by atoms with E-state index in [0.29, 0.717) is 5.57 Å². The van der Waals surface area contributed by atoms with Gasteiger partial charge in [-0.3, -0.25) is 0 Å². The highest BCUT2D eigenvalue weighted by atomic mass is 28.5. The maximum Gasteiger partial charge on any atom is 0.393 e. The van der Waals surface area contributed by atoms with Crippen LogP contribution >= 0.6 is 0 Å². The van der Waals surface area contributed by atoms with E-state index in [1.54, 1.807) is 6.92 Å². The largest absolute Gasteiger partial charge is 0.491 e. The van der Waals surface area contributed by atoms with Crippen LogP contribution in [-0.2, 0) is 25.7 Å². The van der Waals surface area contributed by atoms with Gasteiger partial charge in [0.15, 0.2) is 8.32 Å². The molecule has 352 valence electrons. The van der Waals surface area contributed by atoms with E-state index in [0.717, 1.165) is 151 Å². The minimum absolute atomic E-state index is 0.277. The molecule has 0 aromatic carbocycles. The molecule has 0 aliphatic heterocycles. The Morgan fingerprint density at radius 1 is 0.339 bits per heavy atom. The molecule has 0 aliphatic rings.